The quantitative estimate of drug-likeness (QED) is 0.738. The minimum absolute atomic E-state index is 0.00759. The van der Waals surface area contributed by atoms with Gasteiger partial charge in [-0.05, 0) is 12.8 Å². The lowest BCUT2D eigenvalue weighted by molar-refractivity contribution is -0.134. The summed E-state index contributed by atoms with van der Waals surface area (Å²) >= 11 is 1.76. The van der Waals surface area contributed by atoms with Crippen LogP contribution in [0.1, 0.15) is 6.92 Å². The predicted molar refractivity (Wildman–Crippen MR) is 67.8 cm³/mol. The molecule has 4 nitrogen and oxygen atoms in total. The van der Waals surface area contributed by atoms with Crippen molar-refractivity contribution in [2.24, 2.45) is 5.92 Å². The van der Waals surface area contributed by atoms with Crippen LogP contribution in [-0.2, 0) is 9.53 Å². The summed E-state index contributed by atoms with van der Waals surface area (Å²) in [4.78, 5) is 14.0. The first-order chi connectivity index (χ1) is 7.70. The number of thioether (sulfide) groups is 1. The zero-order valence-electron chi connectivity index (χ0n) is 10.4. The average molecular weight is 246 g/mol. The SMILES string of the molecule is CCNC1COCC1C(=O)N(C)CCSC. The Hall–Kier alpha value is -0.260. The van der Waals surface area contributed by atoms with Crippen LogP contribution in [-0.4, -0.2) is 62.2 Å². The molecule has 0 saturated carbocycles. The number of rotatable bonds is 6. The molecule has 0 radical (unpaired) electrons. The van der Waals surface area contributed by atoms with Crippen LogP contribution in [0.25, 0.3) is 0 Å². The van der Waals surface area contributed by atoms with Gasteiger partial charge in [-0.15, -0.1) is 0 Å². The number of carbonyl (C=O) groups is 1. The highest BCUT2D eigenvalue weighted by molar-refractivity contribution is 7.98. The molecule has 2 atom stereocenters. The van der Waals surface area contributed by atoms with Crippen molar-refractivity contribution < 1.29 is 9.53 Å². The van der Waals surface area contributed by atoms with E-state index >= 15 is 0 Å². The van der Waals surface area contributed by atoms with E-state index in [-0.39, 0.29) is 17.9 Å². The topological polar surface area (TPSA) is 41.6 Å². The number of hydrogen-bond acceptors (Lipinski definition) is 4. The Bertz CT molecular complexity index is 226. The van der Waals surface area contributed by atoms with Gasteiger partial charge in [-0.2, -0.15) is 11.8 Å². The van der Waals surface area contributed by atoms with Gasteiger partial charge in [-0.1, -0.05) is 6.92 Å². The first-order valence-corrected chi connectivity index (χ1v) is 7.15. The number of nitrogens with one attached hydrogen (secondary N) is 1. The molecule has 1 N–H and O–H groups in total. The highest BCUT2D eigenvalue weighted by Crippen LogP contribution is 2.16. The molecular weight excluding hydrogens is 224 g/mol. The maximum absolute atomic E-state index is 12.1. The van der Waals surface area contributed by atoms with E-state index in [1.165, 1.54) is 0 Å². The minimum atomic E-state index is -0.00759. The molecule has 1 saturated heterocycles. The van der Waals surface area contributed by atoms with Gasteiger partial charge in [0.2, 0.25) is 5.91 Å². The fourth-order valence-corrected chi connectivity index (χ4v) is 2.34. The van der Waals surface area contributed by atoms with E-state index < -0.39 is 0 Å². The van der Waals surface area contributed by atoms with Crippen molar-refractivity contribution >= 4 is 17.7 Å². The van der Waals surface area contributed by atoms with Gasteiger partial charge in [0.1, 0.15) is 0 Å². The molecule has 2 unspecified atom stereocenters. The van der Waals surface area contributed by atoms with Gasteiger partial charge in [0.25, 0.3) is 0 Å². The number of amides is 1. The van der Waals surface area contributed by atoms with E-state index in [4.69, 9.17) is 4.74 Å². The maximum Gasteiger partial charge on any atom is 0.229 e. The first kappa shape index (κ1) is 13.8. The van der Waals surface area contributed by atoms with E-state index in [1.807, 2.05) is 11.9 Å². The van der Waals surface area contributed by atoms with Gasteiger partial charge in [-0.3, -0.25) is 4.79 Å². The fourth-order valence-electron chi connectivity index (χ4n) is 1.88. The van der Waals surface area contributed by atoms with E-state index in [1.54, 1.807) is 11.8 Å². The third-order valence-electron chi connectivity index (χ3n) is 2.87. The Morgan fingerprint density at radius 2 is 2.31 bits per heavy atom. The average Bonchev–Trinajstić information content (AvgIpc) is 2.73. The standard InChI is InChI=1S/C11H22N2O2S/c1-4-12-10-8-15-7-9(10)11(14)13(2)5-6-16-3/h9-10,12H,4-8H2,1-3H3. The third kappa shape index (κ3) is 3.64. The van der Waals surface area contributed by atoms with E-state index in [9.17, 15) is 4.79 Å². The largest absolute Gasteiger partial charge is 0.379 e. The molecule has 94 valence electrons. The van der Waals surface area contributed by atoms with E-state index in [2.05, 4.69) is 18.5 Å². The summed E-state index contributed by atoms with van der Waals surface area (Å²) in [6, 6.07) is 0.189. The second-order valence-corrected chi connectivity index (χ2v) is 5.05. The molecule has 1 rings (SSSR count). The molecule has 1 fully saturated rings. The van der Waals surface area contributed by atoms with Crippen LogP contribution in [0.2, 0.25) is 0 Å². The number of ether oxygens (including phenoxy) is 1. The lowest BCUT2D eigenvalue weighted by atomic mass is 10.0. The summed E-state index contributed by atoms with van der Waals surface area (Å²) in [5, 5.41) is 3.31. The minimum Gasteiger partial charge on any atom is -0.379 e. The molecule has 0 aromatic heterocycles. The number of hydrogen-bond donors (Lipinski definition) is 1. The molecule has 16 heavy (non-hydrogen) atoms. The maximum atomic E-state index is 12.1. The van der Waals surface area contributed by atoms with Crippen molar-refractivity contribution in [1.29, 1.82) is 0 Å². The van der Waals surface area contributed by atoms with Crippen molar-refractivity contribution in [3.8, 4) is 0 Å². The van der Waals surface area contributed by atoms with Crippen LogP contribution in [0.3, 0.4) is 0 Å². The lowest BCUT2D eigenvalue weighted by Gasteiger charge is -2.24. The highest BCUT2D eigenvalue weighted by atomic mass is 32.2. The molecule has 1 amide bonds. The van der Waals surface area contributed by atoms with Gasteiger partial charge in [0.05, 0.1) is 19.1 Å². The van der Waals surface area contributed by atoms with Gasteiger partial charge in [0, 0.05) is 25.4 Å². The molecule has 0 aliphatic carbocycles. The summed E-state index contributed by atoms with van der Waals surface area (Å²) in [6.45, 7) is 4.96. The van der Waals surface area contributed by atoms with Crippen molar-refractivity contribution in [1.82, 2.24) is 10.2 Å². The van der Waals surface area contributed by atoms with Crippen LogP contribution < -0.4 is 5.32 Å². The van der Waals surface area contributed by atoms with Gasteiger partial charge in [-0.25, -0.2) is 0 Å². The molecule has 0 aromatic carbocycles. The van der Waals surface area contributed by atoms with Gasteiger partial charge < -0.3 is 15.0 Å². The lowest BCUT2D eigenvalue weighted by Crippen LogP contribution is -2.45. The molecule has 1 aliphatic heterocycles. The Morgan fingerprint density at radius 1 is 1.56 bits per heavy atom. The molecule has 1 aliphatic rings. The summed E-state index contributed by atoms with van der Waals surface area (Å²) in [5.74, 6) is 1.19. The van der Waals surface area contributed by atoms with Crippen LogP contribution in [0.4, 0.5) is 0 Å². The second kappa shape index (κ2) is 7.14. The van der Waals surface area contributed by atoms with E-state index in [0.29, 0.717) is 13.2 Å². The van der Waals surface area contributed by atoms with Crippen molar-refractivity contribution in [3.05, 3.63) is 0 Å². The predicted octanol–water partition coefficient (Wildman–Crippen LogP) is 0.432. The Balaban J connectivity index is 2.45. The normalized spacial score (nSPS) is 24.7. The molecule has 0 bridgehead atoms. The Kier molecular flexibility index (Phi) is 6.16. The second-order valence-electron chi connectivity index (χ2n) is 4.06. The van der Waals surface area contributed by atoms with Crippen molar-refractivity contribution in [2.75, 3.05) is 45.4 Å². The summed E-state index contributed by atoms with van der Waals surface area (Å²) in [7, 11) is 1.87. The van der Waals surface area contributed by atoms with Crippen molar-refractivity contribution in [2.45, 2.75) is 13.0 Å². The Labute approximate surface area is 102 Å². The highest BCUT2D eigenvalue weighted by Gasteiger charge is 2.34. The zero-order valence-corrected chi connectivity index (χ0v) is 11.2. The molecule has 5 heteroatoms. The van der Waals surface area contributed by atoms with E-state index in [0.717, 1.165) is 18.8 Å². The summed E-state index contributed by atoms with van der Waals surface area (Å²) in [6.07, 6.45) is 2.05. The third-order valence-corrected chi connectivity index (χ3v) is 3.46. The number of carbonyl (C=O) groups excluding carboxylic acids is 1. The van der Waals surface area contributed by atoms with Crippen molar-refractivity contribution in [3.63, 3.8) is 0 Å². The molecule has 0 spiro atoms. The summed E-state index contributed by atoms with van der Waals surface area (Å²) in [5.41, 5.74) is 0. The number of likely N-dealkylation sites (N-methyl/N-ethyl adjacent to an activating group) is 1. The fraction of sp³-hybridized carbons (Fsp3) is 0.909. The number of nitrogens with zero attached hydrogens (tertiary/aromatic N) is 1. The molecular formula is C11H22N2O2S. The summed E-state index contributed by atoms with van der Waals surface area (Å²) < 4.78 is 5.38. The van der Waals surface area contributed by atoms with Crippen LogP contribution >= 0.6 is 11.8 Å². The molecule has 1 heterocycles. The molecule has 0 aromatic rings. The van der Waals surface area contributed by atoms with Crippen LogP contribution in [0, 0.1) is 5.92 Å². The van der Waals surface area contributed by atoms with Gasteiger partial charge in [0.15, 0.2) is 0 Å². The first-order valence-electron chi connectivity index (χ1n) is 5.75. The Morgan fingerprint density at radius 3 is 2.94 bits per heavy atom. The van der Waals surface area contributed by atoms with Crippen LogP contribution in [0.5, 0.6) is 0 Å². The van der Waals surface area contributed by atoms with Crippen LogP contribution in [0.15, 0.2) is 0 Å². The smallest absolute Gasteiger partial charge is 0.229 e. The monoisotopic (exact) mass is 246 g/mol. The zero-order chi connectivity index (χ0) is 12.0. The van der Waals surface area contributed by atoms with Gasteiger partial charge >= 0.3 is 0 Å².